The number of anilines is 2. The first kappa shape index (κ1) is 23.4. The Morgan fingerprint density at radius 1 is 0.647 bits per heavy atom. The molecule has 34 heavy (non-hydrogen) atoms. The minimum Gasteiger partial charge on any atom is -0.457 e. The smallest absolute Gasteiger partial charge is 0.156 e. The SMILES string of the molecule is Nc1cccc(Oc2ccc(CC(Cc3ccc(Oc4cccc(N)c4)cc3)S(=O)O)cc2)c1. The topological polar surface area (TPSA) is 108 Å². The predicted octanol–water partition coefficient (Wildman–Crippen LogP) is 5.81. The summed E-state index contributed by atoms with van der Waals surface area (Å²) in [6, 6.07) is 29.4. The summed E-state index contributed by atoms with van der Waals surface area (Å²) in [5.74, 6) is 2.66. The van der Waals surface area contributed by atoms with Gasteiger partial charge in [0.15, 0.2) is 11.1 Å². The van der Waals surface area contributed by atoms with Crippen LogP contribution in [0, 0.1) is 0 Å². The molecule has 0 spiro atoms. The Bertz CT molecular complexity index is 1170. The molecular formula is C27H26N2O4S. The minimum absolute atomic E-state index is 0.443. The first-order chi connectivity index (χ1) is 16.4. The van der Waals surface area contributed by atoms with Crippen LogP contribution in [0.4, 0.5) is 11.4 Å². The number of benzene rings is 4. The first-order valence-electron chi connectivity index (χ1n) is 10.8. The molecule has 0 heterocycles. The molecule has 5 N–H and O–H groups in total. The predicted molar refractivity (Wildman–Crippen MR) is 137 cm³/mol. The Kier molecular flexibility index (Phi) is 7.47. The highest BCUT2D eigenvalue weighted by molar-refractivity contribution is 7.79. The summed E-state index contributed by atoms with van der Waals surface area (Å²) >= 11 is -1.97. The van der Waals surface area contributed by atoms with Gasteiger partial charge >= 0.3 is 0 Å². The molecule has 0 aliphatic rings. The molecule has 0 aliphatic heterocycles. The average Bonchev–Trinajstić information content (AvgIpc) is 2.81. The van der Waals surface area contributed by atoms with E-state index in [1.807, 2.05) is 72.8 Å². The maximum Gasteiger partial charge on any atom is 0.156 e. The quantitative estimate of drug-likeness (QED) is 0.209. The second-order valence-corrected chi connectivity index (χ2v) is 9.16. The summed E-state index contributed by atoms with van der Waals surface area (Å²) in [7, 11) is 0. The van der Waals surface area contributed by atoms with Crippen LogP contribution in [0.15, 0.2) is 97.1 Å². The van der Waals surface area contributed by atoms with Gasteiger partial charge in [-0.15, -0.1) is 0 Å². The fraction of sp³-hybridized carbons (Fsp3) is 0.111. The van der Waals surface area contributed by atoms with Crippen molar-refractivity contribution in [2.45, 2.75) is 18.1 Å². The molecule has 4 aromatic carbocycles. The lowest BCUT2D eigenvalue weighted by Gasteiger charge is -2.14. The van der Waals surface area contributed by atoms with E-state index in [4.69, 9.17) is 20.9 Å². The van der Waals surface area contributed by atoms with Crippen molar-refractivity contribution in [1.82, 2.24) is 0 Å². The van der Waals surface area contributed by atoms with Gasteiger partial charge in [-0.1, -0.05) is 36.4 Å². The van der Waals surface area contributed by atoms with E-state index in [1.165, 1.54) is 0 Å². The van der Waals surface area contributed by atoms with Crippen LogP contribution in [-0.4, -0.2) is 14.0 Å². The van der Waals surface area contributed by atoms with Gasteiger partial charge in [0.25, 0.3) is 0 Å². The second kappa shape index (κ2) is 10.9. The van der Waals surface area contributed by atoms with Gasteiger partial charge in [-0.25, -0.2) is 4.21 Å². The van der Waals surface area contributed by atoms with Crippen molar-refractivity contribution in [3.63, 3.8) is 0 Å². The van der Waals surface area contributed by atoms with E-state index >= 15 is 0 Å². The lowest BCUT2D eigenvalue weighted by molar-refractivity contribution is 0.482. The highest BCUT2D eigenvalue weighted by Crippen LogP contribution is 2.26. The normalized spacial score (nSPS) is 11.8. The van der Waals surface area contributed by atoms with Crippen molar-refractivity contribution in [3.05, 3.63) is 108 Å². The monoisotopic (exact) mass is 474 g/mol. The third-order valence-corrected chi connectivity index (χ3v) is 6.15. The molecule has 0 aliphatic carbocycles. The standard InChI is InChI=1S/C27H26N2O4S/c28-21-3-1-5-25(17-21)32-23-11-7-19(8-12-23)15-27(34(30)31)16-20-9-13-24(14-10-20)33-26-6-2-4-22(29)18-26/h1-14,17-18,27H,15-16,28-29H2,(H,30,31). The molecule has 0 radical (unpaired) electrons. The van der Waals surface area contributed by atoms with Crippen LogP contribution in [0.5, 0.6) is 23.0 Å². The first-order valence-corrected chi connectivity index (χ1v) is 12.0. The Hall–Kier alpha value is -3.81. The zero-order chi connectivity index (χ0) is 23.9. The number of hydrogen-bond donors (Lipinski definition) is 3. The minimum atomic E-state index is -1.97. The molecule has 174 valence electrons. The molecule has 0 aromatic heterocycles. The summed E-state index contributed by atoms with van der Waals surface area (Å²) in [5.41, 5.74) is 14.7. The molecule has 0 saturated carbocycles. The molecule has 0 amide bonds. The summed E-state index contributed by atoms with van der Waals surface area (Å²) in [6.45, 7) is 0. The third-order valence-electron chi connectivity index (χ3n) is 5.25. The van der Waals surface area contributed by atoms with E-state index in [9.17, 15) is 8.76 Å². The van der Waals surface area contributed by atoms with Crippen LogP contribution in [0.25, 0.3) is 0 Å². The number of nitrogens with two attached hydrogens (primary N) is 2. The molecular weight excluding hydrogens is 448 g/mol. The van der Waals surface area contributed by atoms with Crippen LogP contribution in [0.1, 0.15) is 11.1 Å². The van der Waals surface area contributed by atoms with Crippen molar-refractivity contribution in [2.24, 2.45) is 0 Å². The summed E-state index contributed by atoms with van der Waals surface area (Å²) in [5, 5.41) is -0.443. The maximum absolute atomic E-state index is 12.0. The zero-order valence-corrected chi connectivity index (χ0v) is 19.3. The van der Waals surface area contributed by atoms with Gasteiger partial charge in [0.1, 0.15) is 23.0 Å². The van der Waals surface area contributed by atoms with E-state index in [2.05, 4.69) is 0 Å². The van der Waals surface area contributed by atoms with Crippen LogP contribution in [-0.2, 0) is 23.9 Å². The maximum atomic E-state index is 12.0. The van der Waals surface area contributed by atoms with Crippen molar-refractivity contribution >= 4 is 22.5 Å². The molecule has 6 nitrogen and oxygen atoms in total. The van der Waals surface area contributed by atoms with E-state index in [-0.39, 0.29) is 0 Å². The van der Waals surface area contributed by atoms with E-state index < -0.39 is 16.3 Å². The van der Waals surface area contributed by atoms with E-state index in [0.717, 1.165) is 11.1 Å². The number of nitrogen functional groups attached to an aromatic ring is 2. The lowest BCUT2D eigenvalue weighted by Crippen LogP contribution is -2.20. The average molecular weight is 475 g/mol. The van der Waals surface area contributed by atoms with E-state index in [1.54, 1.807) is 24.3 Å². The molecule has 0 fully saturated rings. The molecule has 4 rings (SSSR count). The van der Waals surface area contributed by atoms with Crippen molar-refractivity contribution in [1.29, 1.82) is 0 Å². The molecule has 1 unspecified atom stereocenters. The molecule has 1 atom stereocenters. The molecule has 7 heteroatoms. The summed E-state index contributed by atoms with van der Waals surface area (Å²) < 4.78 is 33.5. The van der Waals surface area contributed by atoms with Crippen LogP contribution in [0.3, 0.4) is 0 Å². The zero-order valence-electron chi connectivity index (χ0n) is 18.5. The summed E-state index contributed by atoms with van der Waals surface area (Å²) in [4.78, 5) is 0. The molecule has 0 saturated heterocycles. The van der Waals surface area contributed by atoms with Gasteiger partial charge in [-0.05, 0) is 72.5 Å². The van der Waals surface area contributed by atoms with Crippen LogP contribution < -0.4 is 20.9 Å². The second-order valence-electron chi connectivity index (χ2n) is 7.94. The van der Waals surface area contributed by atoms with Crippen LogP contribution in [0.2, 0.25) is 0 Å². The van der Waals surface area contributed by atoms with Gasteiger partial charge in [0, 0.05) is 23.5 Å². The third kappa shape index (κ3) is 6.60. The highest BCUT2D eigenvalue weighted by atomic mass is 32.2. The fourth-order valence-electron chi connectivity index (χ4n) is 3.56. The van der Waals surface area contributed by atoms with Crippen LogP contribution >= 0.6 is 0 Å². The largest absolute Gasteiger partial charge is 0.457 e. The fourth-order valence-corrected chi connectivity index (χ4v) is 4.23. The van der Waals surface area contributed by atoms with E-state index in [0.29, 0.717) is 47.2 Å². The summed E-state index contributed by atoms with van der Waals surface area (Å²) in [6.07, 6.45) is 0.923. The molecule has 4 aromatic rings. The Morgan fingerprint density at radius 2 is 1.06 bits per heavy atom. The van der Waals surface area contributed by atoms with Gasteiger partial charge in [0.2, 0.25) is 0 Å². The Morgan fingerprint density at radius 3 is 1.41 bits per heavy atom. The van der Waals surface area contributed by atoms with Gasteiger partial charge in [0.05, 0.1) is 5.25 Å². The van der Waals surface area contributed by atoms with Crippen molar-refractivity contribution < 1.29 is 18.2 Å². The Balaban J connectivity index is 1.37. The number of rotatable bonds is 9. The molecule has 0 bridgehead atoms. The highest BCUT2D eigenvalue weighted by Gasteiger charge is 2.17. The van der Waals surface area contributed by atoms with Crippen molar-refractivity contribution in [3.8, 4) is 23.0 Å². The van der Waals surface area contributed by atoms with Gasteiger partial charge < -0.3 is 25.5 Å². The number of ether oxygens (including phenoxy) is 2. The van der Waals surface area contributed by atoms with Gasteiger partial charge in [-0.3, -0.25) is 0 Å². The Labute approximate surface area is 201 Å². The van der Waals surface area contributed by atoms with Crippen molar-refractivity contribution in [2.75, 3.05) is 11.5 Å². The van der Waals surface area contributed by atoms with Gasteiger partial charge in [-0.2, -0.15) is 0 Å². The lowest BCUT2D eigenvalue weighted by atomic mass is 10.0. The number of hydrogen-bond acceptors (Lipinski definition) is 5.